The summed E-state index contributed by atoms with van der Waals surface area (Å²) in [6.45, 7) is 2.43. The van der Waals surface area contributed by atoms with Gasteiger partial charge in [-0.05, 0) is 58.3 Å². The van der Waals surface area contributed by atoms with Crippen molar-refractivity contribution in [2.24, 2.45) is 5.10 Å². The zero-order valence-electron chi connectivity index (χ0n) is 19.8. The molecule has 1 atom stereocenters. The molecular formula is C30H26ClN3O2. The van der Waals surface area contributed by atoms with Crippen molar-refractivity contribution in [3.8, 4) is 0 Å². The van der Waals surface area contributed by atoms with E-state index in [1.54, 1.807) is 0 Å². The average molecular weight is 496 g/mol. The van der Waals surface area contributed by atoms with E-state index in [2.05, 4.69) is 53.5 Å². The second-order valence-electron chi connectivity index (χ2n) is 9.14. The highest BCUT2D eigenvalue weighted by atomic mass is 35.5. The number of rotatable bonds is 4. The minimum atomic E-state index is 0.0193. The zero-order chi connectivity index (χ0) is 24.5. The number of benzene rings is 4. The lowest BCUT2D eigenvalue weighted by molar-refractivity contribution is 0.0303. The average Bonchev–Trinajstić information content (AvgIpc) is 3.38. The van der Waals surface area contributed by atoms with E-state index in [0.29, 0.717) is 36.9 Å². The Hall–Kier alpha value is -3.67. The first kappa shape index (κ1) is 22.8. The number of carbonyl (C=O) groups excluding carboxylic acids is 1. The van der Waals surface area contributed by atoms with Gasteiger partial charge in [-0.15, -0.1) is 0 Å². The molecule has 0 aliphatic carbocycles. The summed E-state index contributed by atoms with van der Waals surface area (Å²) in [6.07, 6.45) is 0.753. The van der Waals surface area contributed by atoms with Crippen LogP contribution >= 0.6 is 11.6 Å². The summed E-state index contributed by atoms with van der Waals surface area (Å²) < 4.78 is 5.39. The summed E-state index contributed by atoms with van der Waals surface area (Å²) in [6, 6.07) is 30.6. The lowest BCUT2D eigenvalue weighted by Gasteiger charge is -2.27. The largest absolute Gasteiger partial charge is 0.378 e. The van der Waals surface area contributed by atoms with Crippen molar-refractivity contribution in [1.29, 1.82) is 0 Å². The molecule has 0 spiro atoms. The molecule has 0 saturated carbocycles. The molecule has 1 unspecified atom stereocenters. The topological polar surface area (TPSA) is 45.1 Å². The van der Waals surface area contributed by atoms with E-state index in [9.17, 15) is 4.79 Å². The molecular weight excluding hydrogens is 470 g/mol. The van der Waals surface area contributed by atoms with Gasteiger partial charge < -0.3 is 9.64 Å². The molecule has 1 saturated heterocycles. The van der Waals surface area contributed by atoms with E-state index in [0.717, 1.165) is 23.4 Å². The second kappa shape index (κ2) is 9.76. The number of hydrazone groups is 1. The maximum absolute atomic E-state index is 13.0. The first-order valence-electron chi connectivity index (χ1n) is 12.2. The van der Waals surface area contributed by atoms with Crippen LogP contribution in [0.1, 0.15) is 33.9 Å². The zero-order valence-corrected chi connectivity index (χ0v) is 20.6. The van der Waals surface area contributed by atoms with E-state index >= 15 is 0 Å². The highest BCUT2D eigenvalue weighted by Crippen LogP contribution is 2.39. The van der Waals surface area contributed by atoms with Gasteiger partial charge in [0, 0.05) is 30.1 Å². The van der Waals surface area contributed by atoms with Crippen LogP contribution in [0.4, 0.5) is 5.69 Å². The Morgan fingerprint density at radius 1 is 0.889 bits per heavy atom. The molecule has 0 aromatic heterocycles. The molecule has 6 heteroatoms. The van der Waals surface area contributed by atoms with E-state index in [1.807, 2.05) is 47.4 Å². The fraction of sp³-hybridized carbons (Fsp3) is 0.200. The minimum Gasteiger partial charge on any atom is -0.378 e. The summed E-state index contributed by atoms with van der Waals surface area (Å²) in [7, 11) is 0. The molecule has 6 rings (SSSR count). The number of amides is 1. The highest BCUT2D eigenvalue weighted by molar-refractivity contribution is 6.31. The van der Waals surface area contributed by atoms with Crippen LogP contribution in [0.15, 0.2) is 96.1 Å². The minimum absolute atomic E-state index is 0.0193. The van der Waals surface area contributed by atoms with Crippen LogP contribution < -0.4 is 5.01 Å². The SMILES string of the molecule is O=C(c1ccc(N2N=C(c3cccc(Cl)c3)CC2c2cccc3ccccc23)cc1)N1CCOCC1. The van der Waals surface area contributed by atoms with Crippen molar-refractivity contribution >= 4 is 39.7 Å². The molecule has 1 amide bonds. The van der Waals surface area contributed by atoms with Crippen molar-refractivity contribution in [1.82, 2.24) is 4.90 Å². The summed E-state index contributed by atoms with van der Waals surface area (Å²) >= 11 is 6.31. The molecule has 180 valence electrons. The van der Waals surface area contributed by atoms with Gasteiger partial charge >= 0.3 is 0 Å². The summed E-state index contributed by atoms with van der Waals surface area (Å²) in [4.78, 5) is 14.8. The fourth-order valence-corrected chi connectivity index (χ4v) is 5.27. The molecule has 1 fully saturated rings. The number of hydrogen-bond acceptors (Lipinski definition) is 4. The van der Waals surface area contributed by atoms with Gasteiger partial charge in [0.05, 0.1) is 30.7 Å². The number of ether oxygens (including phenoxy) is 1. The fourth-order valence-electron chi connectivity index (χ4n) is 5.08. The number of anilines is 1. The number of carbonyl (C=O) groups is 1. The lowest BCUT2D eigenvalue weighted by atomic mass is 9.94. The Kier molecular flexibility index (Phi) is 6.18. The van der Waals surface area contributed by atoms with Gasteiger partial charge in [0.15, 0.2) is 0 Å². The number of nitrogens with zero attached hydrogens (tertiary/aromatic N) is 3. The smallest absolute Gasteiger partial charge is 0.254 e. The van der Waals surface area contributed by atoms with Gasteiger partial charge in [-0.1, -0.05) is 66.2 Å². The van der Waals surface area contributed by atoms with Gasteiger partial charge in [0.2, 0.25) is 0 Å². The van der Waals surface area contributed by atoms with Gasteiger partial charge in [-0.2, -0.15) is 5.10 Å². The third kappa shape index (κ3) is 4.36. The first-order chi connectivity index (χ1) is 17.7. The van der Waals surface area contributed by atoms with Gasteiger partial charge in [-0.25, -0.2) is 0 Å². The summed E-state index contributed by atoms with van der Waals surface area (Å²) in [5.74, 6) is 0.0417. The summed E-state index contributed by atoms with van der Waals surface area (Å²) in [5, 5.41) is 10.3. The second-order valence-corrected chi connectivity index (χ2v) is 9.58. The van der Waals surface area contributed by atoms with Crippen LogP contribution in [0.3, 0.4) is 0 Å². The Morgan fingerprint density at radius 2 is 1.64 bits per heavy atom. The number of hydrogen-bond donors (Lipinski definition) is 0. The Bertz CT molecular complexity index is 1440. The van der Waals surface area contributed by atoms with E-state index in [4.69, 9.17) is 21.4 Å². The molecule has 4 aromatic rings. The van der Waals surface area contributed by atoms with Gasteiger partial charge in [-0.3, -0.25) is 9.80 Å². The van der Waals surface area contributed by atoms with Crippen LogP contribution in [-0.4, -0.2) is 42.8 Å². The molecule has 4 aromatic carbocycles. The summed E-state index contributed by atoms with van der Waals surface area (Å²) in [5.41, 5.74) is 4.87. The quantitative estimate of drug-likeness (QED) is 0.332. The maximum atomic E-state index is 13.0. The van der Waals surface area contributed by atoms with Crippen LogP contribution in [0.25, 0.3) is 10.8 Å². The Balaban J connectivity index is 1.38. The van der Waals surface area contributed by atoms with Crippen LogP contribution in [0, 0.1) is 0 Å². The number of morpholine rings is 1. The number of halogens is 1. The Labute approximate surface area is 215 Å². The highest BCUT2D eigenvalue weighted by Gasteiger charge is 2.31. The predicted molar refractivity (Wildman–Crippen MR) is 145 cm³/mol. The molecule has 36 heavy (non-hydrogen) atoms. The van der Waals surface area contributed by atoms with Crippen molar-refractivity contribution < 1.29 is 9.53 Å². The molecule has 5 nitrogen and oxygen atoms in total. The molecule has 0 N–H and O–H groups in total. The lowest BCUT2D eigenvalue weighted by Crippen LogP contribution is -2.40. The van der Waals surface area contributed by atoms with Crippen molar-refractivity contribution in [2.45, 2.75) is 12.5 Å². The van der Waals surface area contributed by atoms with E-state index < -0.39 is 0 Å². The standard InChI is InChI=1S/C30H26ClN3O2/c31-24-8-3-7-23(19-24)28-20-29(27-10-4-6-21-5-1-2-9-26(21)27)34(32-28)25-13-11-22(12-14-25)30(35)33-15-17-36-18-16-33/h1-14,19,29H,15-18,20H2. The van der Waals surface area contributed by atoms with Crippen molar-refractivity contribution in [2.75, 3.05) is 31.3 Å². The van der Waals surface area contributed by atoms with Gasteiger partial charge in [0.1, 0.15) is 0 Å². The third-order valence-electron chi connectivity index (χ3n) is 6.93. The van der Waals surface area contributed by atoms with Crippen molar-refractivity contribution in [3.63, 3.8) is 0 Å². The van der Waals surface area contributed by atoms with Crippen LogP contribution in [0.5, 0.6) is 0 Å². The molecule has 2 aliphatic rings. The number of fused-ring (bicyclic) bond motifs is 1. The van der Waals surface area contributed by atoms with Crippen molar-refractivity contribution in [3.05, 3.63) is 113 Å². The molecule has 2 aliphatic heterocycles. The molecule has 0 radical (unpaired) electrons. The van der Waals surface area contributed by atoms with Crippen LogP contribution in [-0.2, 0) is 4.74 Å². The maximum Gasteiger partial charge on any atom is 0.254 e. The van der Waals surface area contributed by atoms with E-state index in [1.165, 1.54) is 16.3 Å². The monoisotopic (exact) mass is 495 g/mol. The predicted octanol–water partition coefficient (Wildman–Crippen LogP) is 6.32. The molecule has 0 bridgehead atoms. The first-order valence-corrected chi connectivity index (χ1v) is 12.6. The molecule has 2 heterocycles. The third-order valence-corrected chi connectivity index (χ3v) is 7.16. The normalized spacial score (nSPS) is 17.9. The van der Waals surface area contributed by atoms with Gasteiger partial charge in [0.25, 0.3) is 5.91 Å². The Morgan fingerprint density at radius 3 is 2.44 bits per heavy atom. The van der Waals surface area contributed by atoms with Crippen LogP contribution in [0.2, 0.25) is 5.02 Å². The van der Waals surface area contributed by atoms with E-state index in [-0.39, 0.29) is 11.9 Å².